The Morgan fingerprint density at radius 1 is 1.31 bits per heavy atom. The lowest BCUT2D eigenvalue weighted by atomic mass is 10.1. The molecule has 1 fully saturated rings. The van der Waals surface area contributed by atoms with Crippen LogP contribution >= 0.6 is 0 Å². The van der Waals surface area contributed by atoms with Gasteiger partial charge < -0.3 is 16.0 Å². The maximum Gasteiger partial charge on any atom is 0.284 e. The van der Waals surface area contributed by atoms with Crippen LogP contribution < -0.4 is 16.0 Å². The molecule has 0 aromatic carbocycles. The van der Waals surface area contributed by atoms with Gasteiger partial charge in [0.15, 0.2) is 5.69 Å². The standard InChI is InChI=1S/C17H19F3N8O/c1-27-8-12(14(25-27)15(19)20)24-16(29)13-3-2-11-7-22-17(26-28(11)13)23-10-4-9(18)5-21-6-10/h2-3,7-10,15,21H,4-6H2,1H3,(H,23,26)(H,24,29)/t9-,10+/m0/s1. The number of amides is 1. The topological polar surface area (TPSA) is 101 Å². The Hall–Kier alpha value is -3.15. The number of fused-ring (bicyclic) bond motifs is 1. The van der Waals surface area contributed by atoms with E-state index in [0.29, 0.717) is 25.0 Å². The van der Waals surface area contributed by atoms with E-state index in [1.54, 1.807) is 6.07 Å². The predicted octanol–water partition coefficient (Wildman–Crippen LogP) is 1.76. The molecule has 0 spiro atoms. The van der Waals surface area contributed by atoms with Gasteiger partial charge in [0.05, 0.1) is 17.4 Å². The molecule has 4 rings (SSSR count). The number of halogens is 3. The highest BCUT2D eigenvalue weighted by Gasteiger charge is 2.23. The van der Waals surface area contributed by atoms with Crippen LogP contribution in [0, 0.1) is 0 Å². The summed E-state index contributed by atoms with van der Waals surface area (Å²) in [7, 11) is 1.49. The highest BCUT2D eigenvalue weighted by Crippen LogP contribution is 2.25. The first-order valence-electron chi connectivity index (χ1n) is 9.00. The van der Waals surface area contributed by atoms with Gasteiger partial charge in [0.2, 0.25) is 5.95 Å². The third-order valence-corrected chi connectivity index (χ3v) is 4.57. The molecular weight excluding hydrogens is 389 g/mol. The minimum atomic E-state index is -2.82. The van der Waals surface area contributed by atoms with E-state index in [1.165, 1.54) is 34.7 Å². The first-order chi connectivity index (χ1) is 13.9. The van der Waals surface area contributed by atoms with Gasteiger partial charge in [0.1, 0.15) is 11.9 Å². The van der Waals surface area contributed by atoms with Crippen LogP contribution in [-0.2, 0) is 7.05 Å². The van der Waals surface area contributed by atoms with Crippen LogP contribution in [0.25, 0.3) is 5.52 Å². The van der Waals surface area contributed by atoms with Crippen molar-refractivity contribution in [2.75, 3.05) is 23.7 Å². The number of anilines is 2. The number of nitrogens with one attached hydrogen (secondary N) is 3. The summed E-state index contributed by atoms with van der Waals surface area (Å²) in [5.74, 6) is -0.383. The number of aryl methyl sites for hydroxylation is 1. The monoisotopic (exact) mass is 408 g/mol. The number of hydrogen-bond donors (Lipinski definition) is 3. The molecule has 0 saturated carbocycles. The zero-order chi connectivity index (χ0) is 20.5. The molecule has 9 nitrogen and oxygen atoms in total. The number of carbonyl (C=O) groups excluding carboxylic acids is 1. The molecular formula is C17H19F3N8O. The summed E-state index contributed by atoms with van der Waals surface area (Å²) < 4.78 is 42.3. The van der Waals surface area contributed by atoms with Crippen LogP contribution in [0.4, 0.5) is 24.8 Å². The number of nitrogens with zero attached hydrogens (tertiary/aromatic N) is 5. The minimum absolute atomic E-state index is 0.0721. The van der Waals surface area contributed by atoms with E-state index in [0.717, 1.165) is 0 Å². The van der Waals surface area contributed by atoms with Gasteiger partial charge in [-0.2, -0.15) is 5.10 Å². The summed E-state index contributed by atoms with van der Waals surface area (Å²) >= 11 is 0. The molecule has 1 amide bonds. The van der Waals surface area contributed by atoms with Crippen molar-refractivity contribution in [1.29, 1.82) is 0 Å². The smallest absolute Gasteiger partial charge is 0.284 e. The average Bonchev–Trinajstić information content (AvgIpc) is 3.24. The van der Waals surface area contributed by atoms with E-state index in [1.807, 2.05) is 0 Å². The normalized spacial score (nSPS) is 19.6. The fourth-order valence-electron chi connectivity index (χ4n) is 3.27. The summed E-state index contributed by atoms with van der Waals surface area (Å²) in [4.78, 5) is 16.8. The van der Waals surface area contributed by atoms with Gasteiger partial charge in [-0.3, -0.25) is 9.48 Å². The summed E-state index contributed by atoms with van der Waals surface area (Å²) in [5, 5.41) is 16.4. The van der Waals surface area contributed by atoms with E-state index < -0.39 is 24.2 Å². The molecule has 1 saturated heterocycles. The van der Waals surface area contributed by atoms with Gasteiger partial charge in [0, 0.05) is 38.8 Å². The molecule has 1 aliphatic heterocycles. The zero-order valence-electron chi connectivity index (χ0n) is 15.4. The number of rotatable bonds is 5. The van der Waals surface area contributed by atoms with Gasteiger partial charge in [-0.15, -0.1) is 5.10 Å². The summed E-state index contributed by atoms with van der Waals surface area (Å²) in [5.41, 5.74) is 0.104. The lowest BCUT2D eigenvalue weighted by Crippen LogP contribution is -2.44. The second-order valence-corrected chi connectivity index (χ2v) is 6.83. The van der Waals surface area contributed by atoms with Crippen molar-refractivity contribution in [3.8, 4) is 0 Å². The van der Waals surface area contributed by atoms with Gasteiger partial charge >= 0.3 is 0 Å². The largest absolute Gasteiger partial charge is 0.349 e. The van der Waals surface area contributed by atoms with Crippen LogP contribution in [0.1, 0.15) is 29.0 Å². The molecule has 29 heavy (non-hydrogen) atoms. The molecule has 0 bridgehead atoms. The van der Waals surface area contributed by atoms with Crippen LogP contribution in [-0.4, -0.2) is 55.6 Å². The highest BCUT2D eigenvalue weighted by atomic mass is 19.3. The second-order valence-electron chi connectivity index (χ2n) is 6.83. The molecule has 1 aliphatic rings. The fraction of sp³-hybridized carbons (Fsp3) is 0.412. The highest BCUT2D eigenvalue weighted by molar-refractivity contribution is 6.04. The molecule has 154 valence electrons. The zero-order valence-corrected chi connectivity index (χ0v) is 15.4. The number of aromatic nitrogens is 5. The van der Waals surface area contributed by atoms with Crippen LogP contribution in [0.3, 0.4) is 0 Å². The van der Waals surface area contributed by atoms with E-state index in [-0.39, 0.29) is 23.4 Å². The van der Waals surface area contributed by atoms with E-state index in [2.05, 4.69) is 31.1 Å². The van der Waals surface area contributed by atoms with Crippen molar-refractivity contribution >= 4 is 23.1 Å². The number of carbonyl (C=O) groups is 1. The molecule has 0 unspecified atom stereocenters. The Kier molecular flexibility index (Phi) is 5.09. The SMILES string of the molecule is Cn1cc(NC(=O)c2ccc3cnc(N[C@H]4CNC[C@@H](F)C4)nn23)c(C(F)F)n1. The predicted molar refractivity (Wildman–Crippen MR) is 98.9 cm³/mol. The van der Waals surface area contributed by atoms with Crippen LogP contribution in [0.15, 0.2) is 24.5 Å². The van der Waals surface area contributed by atoms with E-state index in [9.17, 15) is 18.0 Å². The molecule has 3 aromatic heterocycles. The van der Waals surface area contributed by atoms with E-state index in [4.69, 9.17) is 0 Å². The Bertz CT molecular complexity index is 1030. The Morgan fingerprint density at radius 3 is 2.90 bits per heavy atom. The Labute approximate surface area is 163 Å². The van der Waals surface area contributed by atoms with Gasteiger partial charge in [0.25, 0.3) is 12.3 Å². The second kappa shape index (κ2) is 7.70. The molecule has 12 heteroatoms. The quantitative estimate of drug-likeness (QED) is 0.595. The molecule has 2 atom stereocenters. The third kappa shape index (κ3) is 4.01. The van der Waals surface area contributed by atoms with Crippen molar-refractivity contribution in [3.63, 3.8) is 0 Å². The molecule has 3 N–H and O–H groups in total. The van der Waals surface area contributed by atoms with Crippen molar-refractivity contribution in [2.24, 2.45) is 7.05 Å². The molecule has 0 aliphatic carbocycles. The third-order valence-electron chi connectivity index (χ3n) is 4.57. The first-order valence-corrected chi connectivity index (χ1v) is 9.00. The van der Waals surface area contributed by atoms with Crippen molar-refractivity contribution in [1.82, 2.24) is 29.7 Å². The van der Waals surface area contributed by atoms with Gasteiger partial charge in [-0.1, -0.05) is 0 Å². The van der Waals surface area contributed by atoms with Gasteiger partial charge in [-0.25, -0.2) is 22.7 Å². The Morgan fingerprint density at radius 2 is 2.14 bits per heavy atom. The Balaban J connectivity index is 1.56. The summed E-state index contributed by atoms with van der Waals surface area (Å²) in [6, 6.07) is 2.96. The van der Waals surface area contributed by atoms with Crippen molar-refractivity contribution in [3.05, 3.63) is 35.9 Å². The molecule has 3 aromatic rings. The van der Waals surface area contributed by atoms with Crippen molar-refractivity contribution in [2.45, 2.75) is 25.1 Å². The summed E-state index contributed by atoms with van der Waals surface area (Å²) in [6.07, 6.45) is -0.631. The average molecular weight is 408 g/mol. The fourth-order valence-corrected chi connectivity index (χ4v) is 3.27. The minimum Gasteiger partial charge on any atom is -0.349 e. The lowest BCUT2D eigenvalue weighted by Gasteiger charge is -2.26. The molecule has 0 radical (unpaired) electrons. The number of piperidine rings is 1. The first kappa shape index (κ1) is 19.2. The maximum atomic E-state index is 13.5. The van der Waals surface area contributed by atoms with Crippen LogP contribution in [0.2, 0.25) is 0 Å². The number of alkyl halides is 3. The lowest BCUT2D eigenvalue weighted by molar-refractivity contribution is 0.101. The van der Waals surface area contributed by atoms with Crippen LogP contribution in [0.5, 0.6) is 0 Å². The molecule has 4 heterocycles. The van der Waals surface area contributed by atoms with Crippen molar-refractivity contribution < 1.29 is 18.0 Å². The maximum absolute atomic E-state index is 13.5. The van der Waals surface area contributed by atoms with E-state index >= 15 is 0 Å². The number of hydrogen-bond acceptors (Lipinski definition) is 6. The summed E-state index contributed by atoms with van der Waals surface area (Å²) in [6.45, 7) is 0.882. The van der Waals surface area contributed by atoms with Gasteiger partial charge in [-0.05, 0) is 12.1 Å².